The summed E-state index contributed by atoms with van der Waals surface area (Å²) in [4.78, 5) is 37.7. The molecule has 0 spiro atoms. The van der Waals surface area contributed by atoms with E-state index in [4.69, 9.17) is 9.73 Å². The van der Waals surface area contributed by atoms with Crippen LogP contribution in [0, 0.1) is 6.92 Å². The Hall–Kier alpha value is -2.87. The number of carbonyl (C=O) groups is 2. The van der Waals surface area contributed by atoms with Crippen LogP contribution in [0.4, 0.5) is 4.79 Å². The molecule has 0 N–H and O–H groups in total. The number of carbonyl (C=O) groups excluding carboxylic acids is 2. The minimum Gasteiger partial charge on any atom is -0.383 e. The number of benzene rings is 1. The molecule has 1 aromatic carbocycles. The first-order valence-corrected chi connectivity index (χ1v) is 9.37. The molecule has 8 nitrogen and oxygen atoms in total. The minimum atomic E-state index is -0.536. The fourth-order valence-electron chi connectivity index (χ4n) is 3.88. The molecule has 1 saturated heterocycles. The summed E-state index contributed by atoms with van der Waals surface area (Å²) in [6, 6.07) is 7.01. The van der Waals surface area contributed by atoms with Crippen molar-refractivity contribution < 1.29 is 14.3 Å². The third-order valence-corrected chi connectivity index (χ3v) is 5.48. The largest absolute Gasteiger partial charge is 0.383 e. The summed E-state index contributed by atoms with van der Waals surface area (Å²) in [6.07, 6.45) is 1.42. The highest BCUT2D eigenvalue weighted by molar-refractivity contribution is 6.04. The maximum atomic E-state index is 13.3. The molecule has 8 heteroatoms. The summed E-state index contributed by atoms with van der Waals surface area (Å²) in [5, 5.41) is 0. The van der Waals surface area contributed by atoms with Gasteiger partial charge in [-0.15, -0.1) is 0 Å². The van der Waals surface area contributed by atoms with Crippen molar-refractivity contribution in [1.29, 1.82) is 0 Å². The number of imide groups is 1. The molecule has 1 aromatic rings. The summed E-state index contributed by atoms with van der Waals surface area (Å²) in [6.45, 7) is 5.44. The van der Waals surface area contributed by atoms with Gasteiger partial charge >= 0.3 is 6.03 Å². The number of allylic oxidation sites excluding steroid dienone is 1. The van der Waals surface area contributed by atoms with Crippen LogP contribution in [0.25, 0.3) is 0 Å². The molecule has 0 saturated carbocycles. The van der Waals surface area contributed by atoms with E-state index in [0.717, 1.165) is 16.8 Å². The number of methoxy groups -OCH3 is 1. The molecule has 2 unspecified atom stereocenters. The Morgan fingerprint density at radius 3 is 2.50 bits per heavy atom. The van der Waals surface area contributed by atoms with Crippen LogP contribution in [0.3, 0.4) is 0 Å². The second kappa shape index (κ2) is 6.94. The van der Waals surface area contributed by atoms with Crippen molar-refractivity contribution in [2.75, 3.05) is 27.3 Å². The molecule has 148 valence electrons. The number of aryl methyl sites for hydroxylation is 1. The molecule has 3 amide bonds. The average molecular weight is 383 g/mol. The number of guanidine groups is 1. The Labute approximate surface area is 164 Å². The number of amides is 3. The van der Waals surface area contributed by atoms with Crippen molar-refractivity contribution in [3.63, 3.8) is 0 Å². The van der Waals surface area contributed by atoms with Gasteiger partial charge in [0.1, 0.15) is 0 Å². The lowest BCUT2D eigenvalue weighted by atomic mass is 10.1. The van der Waals surface area contributed by atoms with E-state index in [-0.39, 0.29) is 18.5 Å². The number of fused-ring (bicyclic) bond motifs is 3. The fraction of sp³-hybridized carbons (Fsp3) is 0.450. The van der Waals surface area contributed by atoms with Gasteiger partial charge in [-0.1, -0.05) is 29.8 Å². The van der Waals surface area contributed by atoms with Gasteiger partial charge in [0.15, 0.2) is 12.2 Å². The van der Waals surface area contributed by atoms with E-state index >= 15 is 0 Å². The first-order chi connectivity index (χ1) is 13.4. The van der Waals surface area contributed by atoms with Crippen LogP contribution < -0.4 is 0 Å². The smallest absolute Gasteiger partial charge is 0.328 e. The summed E-state index contributed by atoms with van der Waals surface area (Å²) in [7, 11) is 3.36. The van der Waals surface area contributed by atoms with Gasteiger partial charge in [0, 0.05) is 32.6 Å². The number of urea groups is 1. The number of aliphatic imine (C=N–C) groups is 1. The number of nitrogens with zero attached hydrogens (tertiary/aromatic N) is 5. The molecule has 1 fully saturated rings. The standard InChI is InChI=1S/C20H25N5O3/c1-13-5-7-15(8-6-13)12-25-18(26)16-17(22(3)20(25)27)21-19-23(9-10-28-4)14(2)11-24(16)19/h5-8,11,16-17H,9-10,12H2,1-4H3. The Morgan fingerprint density at radius 1 is 1.11 bits per heavy atom. The highest BCUT2D eigenvalue weighted by Gasteiger charge is 2.54. The number of rotatable bonds is 5. The lowest BCUT2D eigenvalue weighted by Gasteiger charge is -2.40. The van der Waals surface area contributed by atoms with Crippen LogP contribution in [0.1, 0.15) is 18.1 Å². The molecular formula is C20H25N5O3. The molecule has 3 aliphatic rings. The van der Waals surface area contributed by atoms with Gasteiger partial charge in [0.25, 0.3) is 5.91 Å². The third kappa shape index (κ3) is 2.84. The van der Waals surface area contributed by atoms with Crippen molar-refractivity contribution in [2.45, 2.75) is 32.6 Å². The van der Waals surface area contributed by atoms with Gasteiger partial charge in [-0.05, 0) is 19.4 Å². The molecule has 0 radical (unpaired) electrons. The average Bonchev–Trinajstić information content (AvgIpc) is 3.18. The molecule has 3 aliphatic heterocycles. The molecule has 28 heavy (non-hydrogen) atoms. The number of likely N-dealkylation sites (N-methyl/N-ethyl adjacent to an activating group) is 1. The number of hydrogen-bond acceptors (Lipinski definition) is 6. The summed E-state index contributed by atoms with van der Waals surface area (Å²) in [5.74, 6) is 0.486. The SMILES string of the molecule is COCCN1C(C)=CN2C1=NC1C2C(=O)N(Cc2ccc(C)cc2)C(=O)N1C. The highest BCUT2D eigenvalue weighted by Crippen LogP contribution is 2.34. The van der Waals surface area contributed by atoms with Crippen molar-refractivity contribution in [3.05, 3.63) is 47.3 Å². The molecule has 3 heterocycles. The van der Waals surface area contributed by atoms with E-state index in [2.05, 4.69) is 0 Å². The van der Waals surface area contributed by atoms with E-state index in [1.54, 1.807) is 19.1 Å². The summed E-state index contributed by atoms with van der Waals surface area (Å²) >= 11 is 0. The van der Waals surface area contributed by atoms with Gasteiger partial charge in [-0.2, -0.15) is 0 Å². The van der Waals surface area contributed by atoms with Crippen LogP contribution in [0.5, 0.6) is 0 Å². The van der Waals surface area contributed by atoms with Crippen LogP contribution in [-0.4, -0.2) is 77.0 Å². The van der Waals surface area contributed by atoms with Gasteiger partial charge in [-0.25, -0.2) is 9.79 Å². The predicted octanol–water partition coefficient (Wildman–Crippen LogP) is 1.58. The molecule has 0 bridgehead atoms. The van der Waals surface area contributed by atoms with Gasteiger partial charge in [0.05, 0.1) is 13.2 Å². The lowest BCUT2D eigenvalue weighted by molar-refractivity contribution is -0.137. The van der Waals surface area contributed by atoms with E-state index in [0.29, 0.717) is 19.1 Å². The third-order valence-electron chi connectivity index (χ3n) is 5.48. The molecule has 4 rings (SSSR count). The van der Waals surface area contributed by atoms with Gasteiger partial charge < -0.3 is 19.4 Å². The van der Waals surface area contributed by atoms with Crippen LogP contribution >= 0.6 is 0 Å². The monoisotopic (exact) mass is 383 g/mol. The fourth-order valence-corrected chi connectivity index (χ4v) is 3.88. The zero-order valence-electron chi connectivity index (χ0n) is 16.6. The highest BCUT2D eigenvalue weighted by atomic mass is 16.5. The van der Waals surface area contributed by atoms with Crippen LogP contribution in [-0.2, 0) is 16.1 Å². The second-order valence-corrected chi connectivity index (χ2v) is 7.41. The first kappa shape index (κ1) is 18.5. The lowest BCUT2D eigenvalue weighted by Crippen LogP contribution is -2.63. The van der Waals surface area contributed by atoms with Crippen molar-refractivity contribution in [1.82, 2.24) is 19.6 Å². The zero-order chi connectivity index (χ0) is 20.0. The van der Waals surface area contributed by atoms with Crippen molar-refractivity contribution in [2.24, 2.45) is 4.99 Å². The van der Waals surface area contributed by atoms with Crippen LogP contribution in [0.15, 0.2) is 41.2 Å². The Kier molecular flexibility index (Phi) is 4.58. The van der Waals surface area contributed by atoms with Crippen molar-refractivity contribution >= 4 is 17.9 Å². The van der Waals surface area contributed by atoms with E-state index in [1.807, 2.05) is 54.1 Å². The van der Waals surface area contributed by atoms with E-state index in [9.17, 15) is 9.59 Å². The van der Waals surface area contributed by atoms with Gasteiger partial charge in [-0.3, -0.25) is 9.69 Å². The molecule has 0 aliphatic carbocycles. The topological polar surface area (TPSA) is 68.7 Å². The van der Waals surface area contributed by atoms with E-state index in [1.165, 1.54) is 4.90 Å². The van der Waals surface area contributed by atoms with E-state index < -0.39 is 12.2 Å². The minimum absolute atomic E-state index is 0.218. The second-order valence-electron chi connectivity index (χ2n) is 7.41. The zero-order valence-corrected chi connectivity index (χ0v) is 16.6. The van der Waals surface area contributed by atoms with Crippen molar-refractivity contribution in [3.8, 4) is 0 Å². The maximum absolute atomic E-state index is 13.3. The molecule has 0 aromatic heterocycles. The predicted molar refractivity (Wildman–Crippen MR) is 104 cm³/mol. The Balaban J connectivity index is 1.60. The Bertz CT molecular complexity index is 863. The molecule has 2 atom stereocenters. The van der Waals surface area contributed by atoms with Gasteiger partial charge in [0.2, 0.25) is 5.96 Å². The Morgan fingerprint density at radius 2 is 1.82 bits per heavy atom. The number of hydrogen-bond donors (Lipinski definition) is 0. The first-order valence-electron chi connectivity index (χ1n) is 9.37. The summed E-state index contributed by atoms with van der Waals surface area (Å²) < 4.78 is 5.19. The quantitative estimate of drug-likeness (QED) is 0.772. The normalized spacial score (nSPS) is 23.9. The molecular weight excluding hydrogens is 358 g/mol. The van der Waals surface area contributed by atoms with Crippen LogP contribution in [0.2, 0.25) is 0 Å². The number of ether oxygens (including phenoxy) is 1. The summed E-state index contributed by atoms with van der Waals surface area (Å²) in [5.41, 5.74) is 3.07. The maximum Gasteiger partial charge on any atom is 0.328 e.